The van der Waals surface area contributed by atoms with Gasteiger partial charge in [0.05, 0.1) is 13.0 Å². The maximum absolute atomic E-state index is 12.4. The first kappa shape index (κ1) is 17.4. The predicted octanol–water partition coefficient (Wildman–Crippen LogP) is 1.76. The van der Waals surface area contributed by atoms with Crippen LogP contribution in [0.1, 0.15) is 18.1 Å². The van der Waals surface area contributed by atoms with Gasteiger partial charge in [-0.25, -0.2) is 4.98 Å². The Morgan fingerprint density at radius 2 is 1.96 bits per heavy atom. The fraction of sp³-hybridized carbons (Fsp3) is 0.421. The van der Waals surface area contributed by atoms with Gasteiger partial charge in [-0.05, 0) is 24.1 Å². The van der Waals surface area contributed by atoms with Gasteiger partial charge in [0.2, 0.25) is 11.8 Å². The Morgan fingerprint density at radius 3 is 2.60 bits per heavy atom. The normalized spacial score (nSPS) is 15.2. The van der Waals surface area contributed by atoms with Crippen LogP contribution in [0.2, 0.25) is 0 Å². The van der Waals surface area contributed by atoms with Crippen molar-refractivity contribution in [1.82, 2.24) is 19.8 Å². The third kappa shape index (κ3) is 5.00. The second-order valence-electron chi connectivity index (χ2n) is 6.13. The van der Waals surface area contributed by atoms with Crippen LogP contribution in [-0.2, 0) is 17.8 Å². The molecule has 6 heteroatoms. The average Bonchev–Trinajstić information content (AvgIpc) is 2.65. The maximum atomic E-state index is 12.4. The molecule has 0 spiro atoms. The van der Waals surface area contributed by atoms with Crippen molar-refractivity contribution in [2.24, 2.45) is 0 Å². The van der Waals surface area contributed by atoms with Gasteiger partial charge in [-0.2, -0.15) is 0 Å². The van der Waals surface area contributed by atoms with E-state index in [1.54, 1.807) is 12.4 Å². The zero-order valence-electron chi connectivity index (χ0n) is 14.6. The van der Waals surface area contributed by atoms with Gasteiger partial charge in [-0.1, -0.05) is 12.1 Å². The van der Waals surface area contributed by atoms with Crippen molar-refractivity contribution >= 4 is 5.91 Å². The molecule has 2 aromatic rings. The molecule has 0 aromatic carbocycles. The number of hydrogen-bond donors (Lipinski definition) is 0. The topological polar surface area (TPSA) is 58.6 Å². The molecule has 0 radical (unpaired) electrons. The van der Waals surface area contributed by atoms with Crippen LogP contribution in [0.4, 0.5) is 0 Å². The van der Waals surface area contributed by atoms with Crippen LogP contribution in [0, 0.1) is 0 Å². The number of aromatic nitrogens is 2. The first-order valence-corrected chi connectivity index (χ1v) is 8.71. The summed E-state index contributed by atoms with van der Waals surface area (Å²) in [6, 6.07) is 7.77. The lowest BCUT2D eigenvalue weighted by atomic mass is 10.1. The smallest absolute Gasteiger partial charge is 0.227 e. The maximum Gasteiger partial charge on any atom is 0.227 e. The van der Waals surface area contributed by atoms with E-state index in [0.717, 1.165) is 38.3 Å². The summed E-state index contributed by atoms with van der Waals surface area (Å²) in [7, 11) is 0. The van der Waals surface area contributed by atoms with E-state index in [1.165, 1.54) is 5.56 Å². The van der Waals surface area contributed by atoms with Gasteiger partial charge in [-0.15, -0.1) is 0 Å². The summed E-state index contributed by atoms with van der Waals surface area (Å²) >= 11 is 0. The summed E-state index contributed by atoms with van der Waals surface area (Å²) in [5, 5.41) is 0. The van der Waals surface area contributed by atoms with Crippen LogP contribution in [0.5, 0.6) is 5.88 Å². The van der Waals surface area contributed by atoms with E-state index in [-0.39, 0.29) is 5.91 Å². The van der Waals surface area contributed by atoms with Gasteiger partial charge in [0, 0.05) is 57.4 Å². The van der Waals surface area contributed by atoms with Crippen LogP contribution in [0.15, 0.2) is 42.9 Å². The Bertz CT molecular complexity index is 668. The number of ether oxygens (including phenoxy) is 1. The fourth-order valence-corrected chi connectivity index (χ4v) is 2.94. The first-order valence-electron chi connectivity index (χ1n) is 8.71. The lowest BCUT2D eigenvalue weighted by Crippen LogP contribution is -2.48. The summed E-state index contributed by atoms with van der Waals surface area (Å²) in [6.07, 6.45) is 5.77. The van der Waals surface area contributed by atoms with Crippen LogP contribution in [0.25, 0.3) is 0 Å². The molecule has 6 nitrogen and oxygen atoms in total. The number of carbonyl (C=O) groups is 1. The number of rotatable bonds is 6. The molecule has 1 aliphatic heterocycles. The molecule has 3 heterocycles. The summed E-state index contributed by atoms with van der Waals surface area (Å²) in [5.41, 5.74) is 2.13. The monoisotopic (exact) mass is 340 g/mol. The Balaban J connectivity index is 1.46. The molecule has 1 aliphatic rings. The molecule has 1 saturated heterocycles. The van der Waals surface area contributed by atoms with E-state index in [0.29, 0.717) is 18.9 Å². The van der Waals surface area contributed by atoms with Crippen molar-refractivity contribution in [3.05, 3.63) is 54.0 Å². The third-order valence-electron chi connectivity index (χ3n) is 4.30. The standard InChI is InChI=1S/C19H24N4O2/c1-2-25-18-6-5-17(14-21-18)15-22-8-10-23(11-9-22)19(24)12-16-4-3-7-20-13-16/h3-7,13-14H,2,8-12,15H2,1H3. The molecule has 0 saturated carbocycles. The molecular formula is C19H24N4O2. The van der Waals surface area contributed by atoms with Crippen LogP contribution >= 0.6 is 0 Å². The molecule has 1 amide bonds. The molecule has 0 N–H and O–H groups in total. The molecule has 3 rings (SSSR count). The highest BCUT2D eigenvalue weighted by molar-refractivity contribution is 5.78. The van der Waals surface area contributed by atoms with Crippen LogP contribution in [-0.4, -0.2) is 58.5 Å². The van der Waals surface area contributed by atoms with Gasteiger partial charge < -0.3 is 9.64 Å². The second kappa shape index (κ2) is 8.58. The van der Waals surface area contributed by atoms with Crippen LogP contribution < -0.4 is 4.74 Å². The van der Waals surface area contributed by atoms with Crippen molar-refractivity contribution in [2.45, 2.75) is 19.9 Å². The van der Waals surface area contributed by atoms with Gasteiger partial charge in [-0.3, -0.25) is 14.7 Å². The predicted molar refractivity (Wildman–Crippen MR) is 95.2 cm³/mol. The van der Waals surface area contributed by atoms with E-state index in [9.17, 15) is 4.79 Å². The summed E-state index contributed by atoms with van der Waals surface area (Å²) in [5.74, 6) is 0.840. The molecule has 0 aliphatic carbocycles. The summed E-state index contributed by atoms with van der Waals surface area (Å²) < 4.78 is 5.37. The second-order valence-corrected chi connectivity index (χ2v) is 6.13. The molecule has 132 valence electrons. The van der Waals surface area contributed by atoms with Crippen LogP contribution in [0.3, 0.4) is 0 Å². The lowest BCUT2D eigenvalue weighted by molar-refractivity contribution is -0.132. The van der Waals surface area contributed by atoms with E-state index < -0.39 is 0 Å². The highest BCUT2D eigenvalue weighted by Crippen LogP contribution is 2.12. The molecule has 1 fully saturated rings. The summed E-state index contributed by atoms with van der Waals surface area (Å²) in [4.78, 5) is 25.1. The minimum atomic E-state index is 0.176. The van der Waals surface area contributed by atoms with Gasteiger partial charge in [0.1, 0.15) is 0 Å². The molecular weight excluding hydrogens is 316 g/mol. The molecule has 0 bridgehead atoms. The average molecular weight is 340 g/mol. The van der Waals surface area contributed by atoms with Gasteiger partial charge >= 0.3 is 0 Å². The largest absolute Gasteiger partial charge is 0.478 e. The minimum Gasteiger partial charge on any atom is -0.478 e. The minimum absolute atomic E-state index is 0.176. The van der Waals surface area contributed by atoms with Crippen molar-refractivity contribution in [3.8, 4) is 5.88 Å². The Kier molecular flexibility index (Phi) is 5.95. The van der Waals surface area contributed by atoms with E-state index in [2.05, 4.69) is 20.9 Å². The summed E-state index contributed by atoms with van der Waals surface area (Å²) in [6.45, 7) is 6.72. The number of nitrogens with zero attached hydrogens (tertiary/aromatic N) is 4. The van der Waals surface area contributed by atoms with E-state index in [1.807, 2.05) is 36.2 Å². The number of piperazine rings is 1. The van der Waals surface area contributed by atoms with Crippen molar-refractivity contribution < 1.29 is 9.53 Å². The Morgan fingerprint density at radius 1 is 1.12 bits per heavy atom. The molecule has 2 aromatic heterocycles. The van der Waals surface area contributed by atoms with Crippen molar-refractivity contribution in [2.75, 3.05) is 32.8 Å². The number of carbonyl (C=O) groups excluding carboxylic acids is 1. The zero-order chi connectivity index (χ0) is 17.5. The number of pyridine rings is 2. The van der Waals surface area contributed by atoms with Crippen molar-refractivity contribution in [3.63, 3.8) is 0 Å². The van der Waals surface area contributed by atoms with E-state index >= 15 is 0 Å². The van der Waals surface area contributed by atoms with Gasteiger partial charge in [0.15, 0.2) is 0 Å². The van der Waals surface area contributed by atoms with Crippen molar-refractivity contribution in [1.29, 1.82) is 0 Å². The Hall–Kier alpha value is -2.47. The SMILES string of the molecule is CCOc1ccc(CN2CCN(C(=O)Cc3cccnc3)CC2)cn1. The number of hydrogen-bond acceptors (Lipinski definition) is 5. The Labute approximate surface area is 148 Å². The fourth-order valence-electron chi connectivity index (χ4n) is 2.94. The highest BCUT2D eigenvalue weighted by Gasteiger charge is 2.21. The number of amides is 1. The molecule has 0 atom stereocenters. The highest BCUT2D eigenvalue weighted by atomic mass is 16.5. The zero-order valence-corrected chi connectivity index (χ0v) is 14.6. The van der Waals surface area contributed by atoms with E-state index in [4.69, 9.17) is 4.74 Å². The lowest BCUT2D eigenvalue weighted by Gasteiger charge is -2.34. The third-order valence-corrected chi connectivity index (χ3v) is 4.30. The quantitative estimate of drug-likeness (QED) is 0.802. The first-order chi connectivity index (χ1) is 12.2. The van der Waals surface area contributed by atoms with Gasteiger partial charge in [0.25, 0.3) is 0 Å². The molecule has 0 unspecified atom stereocenters. The molecule has 25 heavy (non-hydrogen) atoms.